The summed E-state index contributed by atoms with van der Waals surface area (Å²) in [7, 11) is 0. The smallest absolute Gasteiger partial charge is 0.331 e. The number of hydrogen-bond donors (Lipinski definition) is 0. The molecule has 0 unspecified atom stereocenters. The molecule has 0 aliphatic heterocycles. The number of halogens is 1. The maximum absolute atomic E-state index is 11.1. The lowest BCUT2D eigenvalue weighted by molar-refractivity contribution is -0.137. The van der Waals surface area contributed by atoms with E-state index in [1.165, 1.54) is 6.08 Å². The van der Waals surface area contributed by atoms with Gasteiger partial charge < -0.3 is 4.74 Å². The molecule has 0 aromatic heterocycles. The van der Waals surface area contributed by atoms with Gasteiger partial charge in [0.05, 0.1) is 6.61 Å². The van der Waals surface area contributed by atoms with Gasteiger partial charge in [0.1, 0.15) is 0 Å². The molecule has 0 N–H and O–H groups in total. The molecule has 0 saturated carbocycles. The number of esters is 1. The first-order chi connectivity index (χ1) is 6.74. The van der Waals surface area contributed by atoms with Crippen molar-refractivity contribution in [3.8, 4) is 0 Å². The second kappa shape index (κ2) is 5.60. The molecule has 1 rings (SSSR count). The van der Waals surface area contributed by atoms with Crippen molar-refractivity contribution in [3.63, 3.8) is 0 Å². The van der Waals surface area contributed by atoms with Gasteiger partial charge in [0, 0.05) is 10.6 Å². The molecule has 0 fully saturated rings. The van der Waals surface area contributed by atoms with E-state index in [1.807, 2.05) is 30.3 Å². The molecule has 0 spiro atoms. The Morgan fingerprint density at radius 3 is 2.64 bits per heavy atom. The minimum Gasteiger partial charge on any atom is -0.463 e. The standard InChI is InChI=1S/C11H11BrO2/c1-2-14-11(13)8-10(12)9-6-4-3-5-7-9/h3-8H,2H2,1H3. The van der Waals surface area contributed by atoms with E-state index in [2.05, 4.69) is 15.9 Å². The summed E-state index contributed by atoms with van der Waals surface area (Å²) in [5, 5.41) is 0. The van der Waals surface area contributed by atoms with Crippen LogP contribution < -0.4 is 0 Å². The molecule has 3 heteroatoms. The van der Waals surface area contributed by atoms with E-state index >= 15 is 0 Å². The van der Waals surface area contributed by atoms with Gasteiger partial charge in [0.25, 0.3) is 0 Å². The zero-order valence-corrected chi connectivity index (χ0v) is 9.45. The maximum atomic E-state index is 11.1. The van der Waals surface area contributed by atoms with E-state index in [0.717, 1.165) is 10.0 Å². The first-order valence-electron chi connectivity index (χ1n) is 4.33. The van der Waals surface area contributed by atoms with Crippen molar-refractivity contribution in [2.45, 2.75) is 6.92 Å². The van der Waals surface area contributed by atoms with E-state index in [0.29, 0.717) is 6.61 Å². The van der Waals surface area contributed by atoms with Crippen LogP contribution in [0.25, 0.3) is 4.48 Å². The van der Waals surface area contributed by atoms with Crippen LogP contribution in [0.3, 0.4) is 0 Å². The second-order valence-corrected chi connectivity index (χ2v) is 3.46. The fraction of sp³-hybridized carbons (Fsp3) is 0.182. The first-order valence-corrected chi connectivity index (χ1v) is 5.12. The van der Waals surface area contributed by atoms with Crippen LogP contribution in [0.5, 0.6) is 0 Å². The van der Waals surface area contributed by atoms with Crippen molar-refractivity contribution < 1.29 is 9.53 Å². The predicted molar refractivity (Wildman–Crippen MR) is 60.0 cm³/mol. The number of rotatable bonds is 3. The lowest BCUT2D eigenvalue weighted by atomic mass is 10.2. The highest BCUT2D eigenvalue weighted by Crippen LogP contribution is 2.20. The molecular weight excluding hydrogens is 244 g/mol. The van der Waals surface area contributed by atoms with Crippen LogP contribution in [0.4, 0.5) is 0 Å². The Morgan fingerprint density at radius 2 is 2.07 bits per heavy atom. The topological polar surface area (TPSA) is 26.3 Å². The number of benzene rings is 1. The summed E-state index contributed by atoms with van der Waals surface area (Å²) in [6, 6.07) is 9.58. The third kappa shape index (κ3) is 3.34. The number of hydrogen-bond acceptors (Lipinski definition) is 2. The molecule has 0 atom stereocenters. The molecule has 0 heterocycles. The number of carbonyl (C=O) groups excluding carboxylic acids is 1. The number of ether oxygens (including phenoxy) is 1. The zero-order valence-electron chi connectivity index (χ0n) is 7.87. The molecule has 74 valence electrons. The van der Waals surface area contributed by atoms with Gasteiger partial charge in [-0.2, -0.15) is 0 Å². The van der Waals surface area contributed by atoms with Crippen molar-refractivity contribution in [2.24, 2.45) is 0 Å². The Hall–Kier alpha value is -1.09. The Balaban J connectivity index is 2.75. The van der Waals surface area contributed by atoms with Crippen LogP contribution in [0.15, 0.2) is 36.4 Å². The average Bonchev–Trinajstić information content (AvgIpc) is 2.19. The quantitative estimate of drug-likeness (QED) is 0.613. The predicted octanol–water partition coefficient (Wildman–Crippen LogP) is 2.99. The Kier molecular flexibility index (Phi) is 4.40. The monoisotopic (exact) mass is 254 g/mol. The molecule has 1 aromatic rings. The van der Waals surface area contributed by atoms with Crippen LogP contribution in [0.1, 0.15) is 12.5 Å². The van der Waals surface area contributed by atoms with Gasteiger partial charge in [-0.05, 0) is 28.4 Å². The minimum absolute atomic E-state index is 0.330. The molecule has 14 heavy (non-hydrogen) atoms. The molecule has 0 aliphatic rings. The lowest BCUT2D eigenvalue weighted by Gasteiger charge is -1.99. The van der Waals surface area contributed by atoms with E-state index < -0.39 is 0 Å². The third-order valence-electron chi connectivity index (χ3n) is 1.58. The van der Waals surface area contributed by atoms with E-state index in [4.69, 9.17) is 4.74 Å². The van der Waals surface area contributed by atoms with Crippen LogP contribution in [-0.4, -0.2) is 12.6 Å². The summed E-state index contributed by atoms with van der Waals surface area (Å²) in [5.41, 5.74) is 0.959. The fourth-order valence-electron chi connectivity index (χ4n) is 0.968. The normalized spacial score (nSPS) is 11.1. The summed E-state index contributed by atoms with van der Waals surface area (Å²) < 4.78 is 5.52. The Bertz CT molecular complexity index is 330. The van der Waals surface area contributed by atoms with Crippen LogP contribution >= 0.6 is 15.9 Å². The zero-order chi connectivity index (χ0) is 10.4. The van der Waals surface area contributed by atoms with Crippen molar-refractivity contribution in [1.29, 1.82) is 0 Å². The molecular formula is C11H11BrO2. The molecule has 0 bridgehead atoms. The lowest BCUT2D eigenvalue weighted by Crippen LogP contribution is -1.99. The summed E-state index contributed by atoms with van der Waals surface area (Å²) in [6.45, 7) is 2.17. The average molecular weight is 255 g/mol. The molecule has 0 saturated heterocycles. The van der Waals surface area contributed by atoms with Crippen molar-refractivity contribution in [2.75, 3.05) is 6.61 Å². The molecule has 1 aromatic carbocycles. The van der Waals surface area contributed by atoms with Gasteiger partial charge in [-0.1, -0.05) is 30.3 Å². The Morgan fingerprint density at radius 1 is 1.43 bits per heavy atom. The highest BCUT2D eigenvalue weighted by Gasteiger charge is 2.00. The molecule has 2 nitrogen and oxygen atoms in total. The SMILES string of the molecule is CCOC(=O)C=C(Br)c1ccccc1. The molecule has 0 aliphatic carbocycles. The van der Waals surface area contributed by atoms with Crippen molar-refractivity contribution in [3.05, 3.63) is 42.0 Å². The minimum atomic E-state index is -0.330. The first kappa shape index (κ1) is 11.0. The van der Waals surface area contributed by atoms with Gasteiger partial charge in [-0.3, -0.25) is 0 Å². The van der Waals surface area contributed by atoms with Gasteiger partial charge in [0.15, 0.2) is 0 Å². The largest absolute Gasteiger partial charge is 0.463 e. The van der Waals surface area contributed by atoms with Gasteiger partial charge >= 0.3 is 5.97 Å². The number of carbonyl (C=O) groups is 1. The summed E-state index contributed by atoms with van der Waals surface area (Å²) in [4.78, 5) is 11.1. The highest BCUT2D eigenvalue weighted by molar-refractivity contribution is 9.15. The summed E-state index contributed by atoms with van der Waals surface area (Å²) >= 11 is 3.32. The fourth-order valence-corrected chi connectivity index (χ4v) is 1.42. The van der Waals surface area contributed by atoms with Crippen molar-refractivity contribution in [1.82, 2.24) is 0 Å². The maximum Gasteiger partial charge on any atom is 0.331 e. The van der Waals surface area contributed by atoms with Crippen molar-refractivity contribution >= 4 is 26.4 Å². The van der Waals surface area contributed by atoms with E-state index in [9.17, 15) is 4.79 Å². The van der Waals surface area contributed by atoms with E-state index in [-0.39, 0.29) is 5.97 Å². The molecule has 0 amide bonds. The Labute approximate surface area is 91.7 Å². The highest BCUT2D eigenvalue weighted by atomic mass is 79.9. The van der Waals surface area contributed by atoms with Gasteiger partial charge in [-0.15, -0.1) is 0 Å². The summed E-state index contributed by atoms with van der Waals surface area (Å²) in [5.74, 6) is -0.330. The van der Waals surface area contributed by atoms with Crippen LogP contribution in [-0.2, 0) is 9.53 Å². The summed E-state index contributed by atoms with van der Waals surface area (Å²) in [6.07, 6.45) is 1.43. The second-order valence-electron chi connectivity index (χ2n) is 2.61. The van der Waals surface area contributed by atoms with Crippen LogP contribution in [0, 0.1) is 0 Å². The van der Waals surface area contributed by atoms with Gasteiger partial charge in [-0.25, -0.2) is 4.79 Å². The third-order valence-corrected chi connectivity index (χ3v) is 2.27. The van der Waals surface area contributed by atoms with Gasteiger partial charge in [0.2, 0.25) is 0 Å². The molecule has 0 radical (unpaired) electrons. The van der Waals surface area contributed by atoms with Crippen LogP contribution in [0.2, 0.25) is 0 Å². The van der Waals surface area contributed by atoms with E-state index in [1.54, 1.807) is 6.92 Å².